The Morgan fingerprint density at radius 1 is 1.03 bits per heavy atom. The molecule has 6 nitrogen and oxygen atoms in total. The zero-order valence-electron chi connectivity index (χ0n) is 17.6. The van der Waals surface area contributed by atoms with Crippen LogP contribution in [0.25, 0.3) is 22.2 Å². The molecule has 32 heavy (non-hydrogen) atoms. The Bertz CT molecular complexity index is 1250. The van der Waals surface area contributed by atoms with Gasteiger partial charge in [-0.2, -0.15) is 0 Å². The summed E-state index contributed by atoms with van der Waals surface area (Å²) in [6.45, 7) is 3.15. The number of morpholine rings is 1. The number of amides is 1. The van der Waals surface area contributed by atoms with Crippen molar-refractivity contribution in [3.05, 3.63) is 95.8 Å². The number of primary amides is 1. The highest BCUT2D eigenvalue weighted by atomic mass is 16.5. The number of carbonyl (C=O) groups excluding carboxylic acids is 1. The molecule has 0 saturated carbocycles. The molecule has 0 radical (unpaired) electrons. The highest BCUT2D eigenvalue weighted by Crippen LogP contribution is 2.26. The van der Waals surface area contributed by atoms with Gasteiger partial charge < -0.3 is 10.5 Å². The largest absolute Gasteiger partial charge is 0.369 e. The van der Waals surface area contributed by atoms with Crippen molar-refractivity contribution in [3.8, 4) is 11.3 Å². The summed E-state index contributed by atoms with van der Waals surface area (Å²) in [6.07, 6.45) is 1.78. The van der Waals surface area contributed by atoms with E-state index >= 15 is 0 Å². The van der Waals surface area contributed by atoms with Crippen LogP contribution in [-0.2, 0) is 11.3 Å². The molecule has 1 aliphatic rings. The standard InChI is InChI=1S/C26H24N4O2/c27-26(31)19-10-8-18(9-11-19)22-6-3-7-24(29-22)25-17-30(14-15-32-25)16-20-12-13-28-23-5-2-1-4-21(20)23/h1-13,25H,14-17H2,(H2,27,31)/t25-/m0/s1. The van der Waals surface area contributed by atoms with E-state index in [-0.39, 0.29) is 6.10 Å². The molecule has 0 spiro atoms. The van der Waals surface area contributed by atoms with Gasteiger partial charge in [-0.05, 0) is 42.0 Å². The van der Waals surface area contributed by atoms with E-state index in [2.05, 4.69) is 28.1 Å². The van der Waals surface area contributed by atoms with Crippen LogP contribution in [0.2, 0.25) is 0 Å². The highest BCUT2D eigenvalue weighted by Gasteiger charge is 2.24. The summed E-state index contributed by atoms with van der Waals surface area (Å²) >= 11 is 0. The fraction of sp³-hybridized carbons (Fsp3) is 0.192. The van der Waals surface area contributed by atoms with Gasteiger partial charge >= 0.3 is 0 Å². The predicted octanol–water partition coefficient (Wildman–Crippen LogP) is 3.97. The van der Waals surface area contributed by atoms with Crippen LogP contribution in [0, 0.1) is 0 Å². The predicted molar refractivity (Wildman–Crippen MR) is 124 cm³/mol. The first-order valence-corrected chi connectivity index (χ1v) is 10.7. The van der Waals surface area contributed by atoms with E-state index in [1.165, 1.54) is 10.9 Å². The lowest BCUT2D eigenvalue weighted by Gasteiger charge is -2.33. The van der Waals surface area contributed by atoms with Crippen molar-refractivity contribution in [2.75, 3.05) is 19.7 Å². The van der Waals surface area contributed by atoms with E-state index in [1.54, 1.807) is 12.1 Å². The summed E-state index contributed by atoms with van der Waals surface area (Å²) in [5.41, 5.74) is 10.8. The van der Waals surface area contributed by atoms with Crippen molar-refractivity contribution in [1.82, 2.24) is 14.9 Å². The molecule has 160 valence electrons. The monoisotopic (exact) mass is 424 g/mol. The van der Waals surface area contributed by atoms with Crippen LogP contribution in [0.5, 0.6) is 0 Å². The van der Waals surface area contributed by atoms with Gasteiger partial charge in [0, 0.05) is 42.3 Å². The number of pyridine rings is 2. The van der Waals surface area contributed by atoms with Gasteiger partial charge in [0.1, 0.15) is 6.10 Å². The van der Waals surface area contributed by atoms with Gasteiger partial charge in [-0.3, -0.25) is 19.7 Å². The Kier molecular flexibility index (Phi) is 5.62. The molecule has 6 heteroatoms. The van der Waals surface area contributed by atoms with Crippen LogP contribution in [0.15, 0.2) is 79.0 Å². The molecule has 2 aromatic carbocycles. The van der Waals surface area contributed by atoms with Gasteiger partial charge in [0.2, 0.25) is 5.91 Å². The number of carbonyl (C=O) groups is 1. The van der Waals surface area contributed by atoms with Crippen LogP contribution >= 0.6 is 0 Å². The normalized spacial score (nSPS) is 16.8. The Morgan fingerprint density at radius 2 is 1.88 bits per heavy atom. The number of rotatable bonds is 5. The van der Waals surface area contributed by atoms with Crippen LogP contribution in [0.4, 0.5) is 0 Å². The minimum Gasteiger partial charge on any atom is -0.369 e. The summed E-state index contributed by atoms with van der Waals surface area (Å²) in [5, 5.41) is 1.19. The highest BCUT2D eigenvalue weighted by molar-refractivity contribution is 5.93. The second kappa shape index (κ2) is 8.86. The van der Waals surface area contributed by atoms with Crippen LogP contribution in [0.1, 0.15) is 27.7 Å². The molecular weight excluding hydrogens is 400 g/mol. The van der Waals surface area contributed by atoms with E-state index < -0.39 is 5.91 Å². The number of nitrogens with zero attached hydrogens (tertiary/aromatic N) is 3. The van der Waals surface area contributed by atoms with Crippen molar-refractivity contribution in [3.63, 3.8) is 0 Å². The Morgan fingerprint density at radius 3 is 2.72 bits per heavy atom. The molecule has 1 aliphatic heterocycles. The summed E-state index contributed by atoms with van der Waals surface area (Å²) in [6, 6.07) is 23.5. The minimum absolute atomic E-state index is 0.0957. The van der Waals surface area contributed by atoms with Gasteiger partial charge in [-0.1, -0.05) is 36.4 Å². The summed E-state index contributed by atoms with van der Waals surface area (Å²) < 4.78 is 6.08. The number of ether oxygens (including phenoxy) is 1. The number of fused-ring (bicyclic) bond motifs is 1. The third-order valence-corrected chi connectivity index (χ3v) is 5.85. The maximum Gasteiger partial charge on any atom is 0.248 e. The summed E-state index contributed by atoms with van der Waals surface area (Å²) in [7, 11) is 0. The van der Waals surface area contributed by atoms with Crippen molar-refractivity contribution in [2.24, 2.45) is 5.73 Å². The molecule has 3 heterocycles. The van der Waals surface area contributed by atoms with Gasteiger partial charge in [0.15, 0.2) is 0 Å². The number of nitrogens with two attached hydrogens (primary N) is 1. The second-order valence-electron chi connectivity index (χ2n) is 7.97. The second-order valence-corrected chi connectivity index (χ2v) is 7.97. The van der Waals surface area contributed by atoms with Gasteiger partial charge in [0.25, 0.3) is 0 Å². The zero-order valence-corrected chi connectivity index (χ0v) is 17.6. The molecule has 1 fully saturated rings. The molecule has 2 N–H and O–H groups in total. The van der Waals surface area contributed by atoms with Crippen molar-refractivity contribution < 1.29 is 9.53 Å². The zero-order chi connectivity index (χ0) is 21.9. The fourth-order valence-corrected chi connectivity index (χ4v) is 4.16. The third kappa shape index (κ3) is 4.23. The lowest BCUT2D eigenvalue weighted by molar-refractivity contribution is -0.0348. The Balaban J connectivity index is 1.34. The van der Waals surface area contributed by atoms with E-state index in [0.717, 1.165) is 42.1 Å². The molecule has 1 amide bonds. The van der Waals surface area contributed by atoms with Crippen LogP contribution in [0.3, 0.4) is 0 Å². The fourth-order valence-electron chi connectivity index (χ4n) is 4.16. The molecule has 0 aliphatic carbocycles. The molecular formula is C26H24N4O2. The topological polar surface area (TPSA) is 81.3 Å². The van der Waals surface area contributed by atoms with Crippen molar-refractivity contribution in [2.45, 2.75) is 12.6 Å². The number of para-hydroxylation sites is 1. The maximum atomic E-state index is 11.3. The SMILES string of the molecule is NC(=O)c1ccc(-c2cccc([C@@H]3CN(Cc4ccnc5ccccc45)CCO3)n2)cc1. The van der Waals surface area contributed by atoms with Crippen LogP contribution in [-0.4, -0.2) is 40.5 Å². The first-order valence-electron chi connectivity index (χ1n) is 10.7. The maximum absolute atomic E-state index is 11.3. The lowest BCUT2D eigenvalue weighted by atomic mass is 10.1. The number of aromatic nitrogens is 2. The summed E-state index contributed by atoms with van der Waals surface area (Å²) in [5.74, 6) is -0.434. The van der Waals surface area contributed by atoms with Gasteiger partial charge in [-0.15, -0.1) is 0 Å². The van der Waals surface area contributed by atoms with Crippen molar-refractivity contribution in [1.29, 1.82) is 0 Å². The molecule has 1 atom stereocenters. The third-order valence-electron chi connectivity index (χ3n) is 5.85. The smallest absolute Gasteiger partial charge is 0.248 e. The molecule has 1 saturated heterocycles. The average Bonchev–Trinajstić information content (AvgIpc) is 2.85. The first-order chi connectivity index (χ1) is 15.7. The number of hydrogen-bond acceptors (Lipinski definition) is 5. The molecule has 5 rings (SSSR count). The average molecular weight is 425 g/mol. The first kappa shape index (κ1) is 20.3. The van der Waals surface area contributed by atoms with E-state index in [4.69, 9.17) is 15.5 Å². The van der Waals surface area contributed by atoms with E-state index in [9.17, 15) is 4.79 Å². The summed E-state index contributed by atoms with van der Waals surface area (Å²) in [4.78, 5) is 23.1. The van der Waals surface area contributed by atoms with E-state index in [1.807, 2.05) is 48.7 Å². The molecule has 4 aromatic rings. The van der Waals surface area contributed by atoms with E-state index in [0.29, 0.717) is 12.2 Å². The Hall–Kier alpha value is -3.61. The van der Waals surface area contributed by atoms with Crippen molar-refractivity contribution >= 4 is 16.8 Å². The van der Waals surface area contributed by atoms with Crippen LogP contribution < -0.4 is 5.73 Å². The number of hydrogen-bond donors (Lipinski definition) is 1. The Labute approximate surface area is 186 Å². The molecule has 0 bridgehead atoms. The molecule has 0 unspecified atom stereocenters. The molecule has 2 aromatic heterocycles. The minimum atomic E-state index is -0.434. The van der Waals surface area contributed by atoms with Gasteiger partial charge in [0.05, 0.1) is 23.5 Å². The van der Waals surface area contributed by atoms with Gasteiger partial charge in [-0.25, -0.2) is 0 Å². The quantitative estimate of drug-likeness (QED) is 0.524. The number of benzene rings is 2. The lowest BCUT2D eigenvalue weighted by Crippen LogP contribution is -2.38.